The zero-order chi connectivity index (χ0) is 34.0. The molecule has 0 bridgehead atoms. The van der Waals surface area contributed by atoms with E-state index >= 15 is 0 Å². The van der Waals surface area contributed by atoms with Crippen LogP contribution in [0.25, 0.3) is 0 Å². The minimum Gasteiger partial charge on any atom is -0.490 e. The number of hydrogen-bond donors (Lipinski definition) is 2. The van der Waals surface area contributed by atoms with Crippen molar-refractivity contribution in [2.75, 3.05) is 45.5 Å². The highest BCUT2D eigenvalue weighted by atomic mass is 16.7. The molecule has 10 nitrogen and oxygen atoms in total. The van der Waals surface area contributed by atoms with Crippen molar-refractivity contribution in [3.05, 3.63) is 83.4 Å². The van der Waals surface area contributed by atoms with Gasteiger partial charge >= 0.3 is 0 Å². The summed E-state index contributed by atoms with van der Waals surface area (Å²) >= 11 is 0. The molecule has 0 fully saturated rings. The summed E-state index contributed by atoms with van der Waals surface area (Å²) in [7, 11) is 2.06. The van der Waals surface area contributed by atoms with Gasteiger partial charge < -0.3 is 34.3 Å². The number of anilines is 1. The zero-order valence-electron chi connectivity index (χ0n) is 28.5. The second-order valence-corrected chi connectivity index (χ2v) is 13.1. The third-order valence-corrected chi connectivity index (χ3v) is 8.92. The summed E-state index contributed by atoms with van der Waals surface area (Å²) in [4.78, 5) is 31.2. The van der Waals surface area contributed by atoms with Crippen molar-refractivity contribution in [2.45, 2.75) is 71.2 Å². The summed E-state index contributed by atoms with van der Waals surface area (Å²) in [6.45, 7) is 8.28. The zero-order valence-corrected chi connectivity index (χ0v) is 28.5. The van der Waals surface area contributed by atoms with Gasteiger partial charge in [0.25, 0.3) is 5.91 Å². The topological polar surface area (TPSA) is 110 Å². The third-order valence-electron chi connectivity index (χ3n) is 8.92. The van der Waals surface area contributed by atoms with Crippen molar-refractivity contribution >= 4 is 17.5 Å². The van der Waals surface area contributed by atoms with Crippen LogP contribution in [0.1, 0.15) is 61.5 Å². The number of hydrogen-bond acceptors (Lipinski definition) is 8. The Bertz CT molecular complexity index is 1520. The van der Waals surface area contributed by atoms with E-state index in [1.165, 1.54) is 0 Å². The van der Waals surface area contributed by atoms with Crippen molar-refractivity contribution < 1.29 is 33.6 Å². The van der Waals surface area contributed by atoms with E-state index in [-0.39, 0.29) is 49.8 Å². The van der Waals surface area contributed by atoms with E-state index in [9.17, 15) is 14.7 Å². The average molecular weight is 660 g/mol. The maximum absolute atomic E-state index is 14.4. The van der Waals surface area contributed by atoms with Gasteiger partial charge in [-0.05, 0) is 81.6 Å². The number of amides is 2. The minimum absolute atomic E-state index is 0.0536. The van der Waals surface area contributed by atoms with Crippen LogP contribution in [0.3, 0.4) is 0 Å². The molecule has 4 atom stereocenters. The number of rotatable bonds is 9. The third kappa shape index (κ3) is 9.49. The second kappa shape index (κ2) is 16.8. The van der Waals surface area contributed by atoms with Gasteiger partial charge in [-0.3, -0.25) is 14.5 Å². The number of benzene rings is 3. The molecule has 0 radical (unpaired) electrons. The Morgan fingerprint density at radius 2 is 1.77 bits per heavy atom. The van der Waals surface area contributed by atoms with Crippen LogP contribution in [0.5, 0.6) is 17.2 Å². The van der Waals surface area contributed by atoms with Gasteiger partial charge in [0.15, 0.2) is 11.5 Å². The molecule has 0 saturated heterocycles. The van der Waals surface area contributed by atoms with Crippen LogP contribution in [-0.2, 0) is 22.5 Å². The van der Waals surface area contributed by atoms with Gasteiger partial charge in [0.1, 0.15) is 5.75 Å². The Morgan fingerprint density at radius 3 is 2.56 bits per heavy atom. The summed E-state index contributed by atoms with van der Waals surface area (Å²) in [6.07, 6.45) is 2.52. The molecule has 2 aliphatic rings. The lowest BCUT2D eigenvalue weighted by Crippen LogP contribution is -2.47. The van der Waals surface area contributed by atoms with E-state index in [0.717, 1.165) is 41.9 Å². The number of carbonyl (C=O) groups is 2. The lowest BCUT2D eigenvalue weighted by atomic mass is 10.0. The van der Waals surface area contributed by atoms with Crippen LogP contribution >= 0.6 is 0 Å². The number of aliphatic hydroxyl groups excluding tert-OH is 1. The molecule has 258 valence electrons. The Kier molecular flexibility index (Phi) is 12.3. The monoisotopic (exact) mass is 659 g/mol. The Balaban J connectivity index is 1.36. The number of fused-ring (bicyclic) bond motifs is 2. The maximum Gasteiger partial charge on any atom is 0.258 e. The van der Waals surface area contributed by atoms with Gasteiger partial charge in [-0.2, -0.15) is 0 Å². The summed E-state index contributed by atoms with van der Waals surface area (Å²) in [5.41, 5.74) is 2.87. The largest absolute Gasteiger partial charge is 0.490 e. The van der Waals surface area contributed by atoms with Crippen LogP contribution in [0.4, 0.5) is 5.69 Å². The number of nitrogens with one attached hydrogen (secondary N) is 1. The Hall–Kier alpha value is -4.12. The van der Waals surface area contributed by atoms with E-state index in [4.69, 9.17) is 18.9 Å². The first-order valence-electron chi connectivity index (χ1n) is 16.9. The number of aliphatic hydroxyl groups is 1. The molecule has 0 spiro atoms. The lowest BCUT2D eigenvalue weighted by Gasteiger charge is -2.36. The normalized spacial score (nSPS) is 20.8. The van der Waals surface area contributed by atoms with Crippen molar-refractivity contribution in [1.29, 1.82) is 0 Å². The van der Waals surface area contributed by atoms with Crippen molar-refractivity contribution in [3.8, 4) is 17.2 Å². The highest BCUT2D eigenvalue weighted by molar-refractivity contribution is 6.00. The quantitative estimate of drug-likeness (QED) is 0.309. The molecule has 5 rings (SSSR count). The van der Waals surface area contributed by atoms with Crippen LogP contribution in [0, 0.1) is 5.92 Å². The van der Waals surface area contributed by atoms with E-state index in [1.807, 2.05) is 62.4 Å². The number of ether oxygens (including phenoxy) is 4. The van der Waals surface area contributed by atoms with Crippen LogP contribution < -0.4 is 19.5 Å². The van der Waals surface area contributed by atoms with Crippen molar-refractivity contribution in [2.24, 2.45) is 5.92 Å². The van der Waals surface area contributed by atoms with Crippen LogP contribution in [0.2, 0.25) is 0 Å². The molecule has 2 amide bonds. The minimum atomic E-state index is -0.457. The second-order valence-electron chi connectivity index (χ2n) is 13.1. The molecule has 10 heteroatoms. The molecule has 0 unspecified atom stereocenters. The fourth-order valence-corrected chi connectivity index (χ4v) is 6.17. The van der Waals surface area contributed by atoms with Crippen molar-refractivity contribution in [1.82, 2.24) is 9.80 Å². The highest BCUT2D eigenvalue weighted by Crippen LogP contribution is 2.33. The molecule has 3 aromatic carbocycles. The molecule has 3 aromatic rings. The van der Waals surface area contributed by atoms with Gasteiger partial charge in [-0.1, -0.05) is 43.3 Å². The first-order valence-corrected chi connectivity index (χ1v) is 16.9. The van der Waals surface area contributed by atoms with Crippen molar-refractivity contribution in [3.63, 3.8) is 0 Å². The molecular formula is C38H49N3O7. The SMILES string of the molecule is C[C@@H]1CCCCO[C@@H](CN(C)Cc2ccc3c(c2)OCO3)[C@@H](C)CN([C@H](C)CO)C(=O)c2cc(NC(=O)Cc3ccccc3)ccc2O1. The Labute approximate surface area is 283 Å². The molecule has 48 heavy (non-hydrogen) atoms. The first-order chi connectivity index (χ1) is 23.2. The van der Waals surface area contributed by atoms with E-state index in [0.29, 0.717) is 43.2 Å². The fourth-order valence-electron chi connectivity index (χ4n) is 6.17. The van der Waals surface area contributed by atoms with Gasteiger partial charge in [0.05, 0.1) is 36.8 Å². The molecule has 0 saturated carbocycles. The maximum atomic E-state index is 14.4. The lowest BCUT2D eigenvalue weighted by molar-refractivity contribution is -0.115. The van der Waals surface area contributed by atoms with Gasteiger partial charge in [0.2, 0.25) is 12.7 Å². The van der Waals surface area contributed by atoms with E-state index in [1.54, 1.807) is 23.1 Å². The molecular weight excluding hydrogens is 610 g/mol. The van der Waals surface area contributed by atoms with Crippen LogP contribution in [0.15, 0.2) is 66.7 Å². The molecule has 0 aromatic heterocycles. The smallest absolute Gasteiger partial charge is 0.258 e. The number of likely N-dealkylation sites (N-methyl/N-ethyl adjacent to an activating group) is 1. The van der Waals surface area contributed by atoms with Gasteiger partial charge in [-0.15, -0.1) is 0 Å². The predicted molar refractivity (Wildman–Crippen MR) is 185 cm³/mol. The van der Waals surface area contributed by atoms with Gasteiger partial charge in [0, 0.05) is 37.8 Å². The summed E-state index contributed by atoms with van der Waals surface area (Å²) in [5, 5.41) is 13.2. The number of nitrogens with zero attached hydrogens (tertiary/aromatic N) is 2. The van der Waals surface area contributed by atoms with E-state index < -0.39 is 6.04 Å². The fraction of sp³-hybridized carbons (Fsp3) is 0.474. The highest BCUT2D eigenvalue weighted by Gasteiger charge is 2.30. The molecule has 0 aliphatic carbocycles. The first kappa shape index (κ1) is 35.2. The molecule has 2 heterocycles. The molecule has 2 aliphatic heterocycles. The summed E-state index contributed by atoms with van der Waals surface area (Å²) in [6, 6.07) is 20.3. The summed E-state index contributed by atoms with van der Waals surface area (Å²) < 4.78 is 23.9. The average Bonchev–Trinajstić information content (AvgIpc) is 3.54. The Morgan fingerprint density at radius 1 is 1.00 bits per heavy atom. The van der Waals surface area contributed by atoms with E-state index in [2.05, 4.69) is 24.2 Å². The summed E-state index contributed by atoms with van der Waals surface area (Å²) in [5.74, 6) is 1.48. The predicted octanol–water partition coefficient (Wildman–Crippen LogP) is 5.52. The standard InChI is InChI=1S/C38H49N3O7/c1-26-21-41(27(2)24-42)38(44)32-20-31(39-37(43)19-29-11-6-5-7-12-29)14-16-33(32)48-28(3)10-8-9-17-45-36(26)23-40(4)22-30-13-15-34-35(18-30)47-25-46-34/h5-7,11-16,18,20,26-28,36,42H,8-10,17,19,21-25H2,1-4H3,(H,39,43)/t26-,27+,28+,36-/m0/s1. The van der Waals surface area contributed by atoms with Gasteiger partial charge in [-0.25, -0.2) is 0 Å². The number of carbonyl (C=O) groups excluding carboxylic acids is 2. The molecule has 2 N–H and O–H groups in total. The van der Waals surface area contributed by atoms with Crippen LogP contribution in [-0.4, -0.2) is 85.1 Å².